The van der Waals surface area contributed by atoms with Crippen LogP contribution in [0.25, 0.3) is 10.9 Å². The second kappa shape index (κ2) is 5.85. The van der Waals surface area contributed by atoms with E-state index < -0.39 is 0 Å². The number of hydrogen-bond acceptors (Lipinski definition) is 3. The number of pyridine rings is 1. The monoisotopic (exact) mass is 345 g/mol. The van der Waals surface area contributed by atoms with Crippen LogP contribution in [0.5, 0.6) is 5.75 Å². The molecule has 1 aromatic carbocycles. The summed E-state index contributed by atoms with van der Waals surface area (Å²) in [4.78, 5) is 4.34. The van der Waals surface area contributed by atoms with E-state index >= 15 is 0 Å². The Morgan fingerprint density at radius 1 is 1.29 bits per heavy atom. The Kier molecular flexibility index (Phi) is 3.92. The quantitative estimate of drug-likeness (QED) is 0.720. The first-order chi connectivity index (χ1) is 10.2. The van der Waals surface area contributed by atoms with Crippen molar-refractivity contribution in [3.63, 3.8) is 0 Å². The van der Waals surface area contributed by atoms with Gasteiger partial charge in [-0.15, -0.1) is 0 Å². The highest BCUT2D eigenvalue weighted by Gasteiger charge is 2.13. The molecular weight excluding hydrogens is 330 g/mol. The molecule has 0 amide bonds. The van der Waals surface area contributed by atoms with Crippen LogP contribution in [0.4, 0.5) is 0 Å². The van der Waals surface area contributed by atoms with Crippen molar-refractivity contribution in [3.05, 3.63) is 52.4 Å². The first-order valence-electron chi connectivity index (χ1n) is 6.87. The van der Waals surface area contributed by atoms with Crippen LogP contribution in [0.15, 0.2) is 41.0 Å². The van der Waals surface area contributed by atoms with Crippen molar-refractivity contribution in [2.45, 2.75) is 20.0 Å². The molecule has 3 aromatic rings. The first-order valence-corrected chi connectivity index (χ1v) is 7.66. The van der Waals surface area contributed by atoms with Crippen LogP contribution < -0.4 is 4.74 Å². The third-order valence-electron chi connectivity index (χ3n) is 3.46. The molecule has 108 valence electrons. The molecule has 4 nitrogen and oxygen atoms in total. The summed E-state index contributed by atoms with van der Waals surface area (Å²) >= 11 is 3.60. The van der Waals surface area contributed by atoms with Gasteiger partial charge in [0.2, 0.25) is 0 Å². The second-order valence-electron chi connectivity index (χ2n) is 4.83. The van der Waals surface area contributed by atoms with Gasteiger partial charge in [-0.25, -0.2) is 0 Å². The SMILES string of the molecule is CCc1nn(C)c(COc2ccc3cccnc3c2)c1Br. The van der Waals surface area contributed by atoms with Gasteiger partial charge in [0.25, 0.3) is 0 Å². The Bertz CT molecular complexity index is 782. The number of ether oxygens (including phenoxy) is 1. The molecular formula is C16H16BrN3O. The number of nitrogens with zero attached hydrogens (tertiary/aromatic N) is 3. The molecule has 0 saturated carbocycles. The van der Waals surface area contributed by atoms with E-state index in [1.54, 1.807) is 6.20 Å². The molecule has 21 heavy (non-hydrogen) atoms. The van der Waals surface area contributed by atoms with E-state index in [0.717, 1.165) is 38.9 Å². The van der Waals surface area contributed by atoms with Gasteiger partial charge in [-0.2, -0.15) is 5.10 Å². The highest BCUT2D eigenvalue weighted by atomic mass is 79.9. The third-order valence-corrected chi connectivity index (χ3v) is 4.37. The lowest BCUT2D eigenvalue weighted by Gasteiger charge is -2.08. The van der Waals surface area contributed by atoms with Gasteiger partial charge in [-0.1, -0.05) is 13.0 Å². The van der Waals surface area contributed by atoms with Gasteiger partial charge >= 0.3 is 0 Å². The predicted octanol–water partition coefficient (Wildman–Crippen LogP) is 3.87. The summed E-state index contributed by atoms with van der Waals surface area (Å²) in [5.41, 5.74) is 3.03. The van der Waals surface area contributed by atoms with Gasteiger partial charge < -0.3 is 4.74 Å². The number of rotatable bonds is 4. The lowest BCUT2D eigenvalue weighted by Crippen LogP contribution is -2.03. The Labute approximate surface area is 131 Å². The summed E-state index contributed by atoms with van der Waals surface area (Å²) in [6.07, 6.45) is 2.69. The number of fused-ring (bicyclic) bond motifs is 1. The summed E-state index contributed by atoms with van der Waals surface area (Å²) in [6.45, 7) is 2.56. The van der Waals surface area contributed by atoms with E-state index in [-0.39, 0.29) is 0 Å². The fourth-order valence-electron chi connectivity index (χ4n) is 2.26. The molecule has 3 rings (SSSR count). The van der Waals surface area contributed by atoms with Crippen molar-refractivity contribution in [1.82, 2.24) is 14.8 Å². The van der Waals surface area contributed by atoms with E-state index in [0.29, 0.717) is 6.61 Å². The van der Waals surface area contributed by atoms with Crippen molar-refractivity contribution < 1.29 is 4.74 Å². The van der Waals surface area contributed by atoms with Crippen LogP contribution in [0, 0.1) is 0 Å². The highest BCUT2D eigenvalue weighted by Crippen LogP contribution is 2.24. The minimum Gasteiger partial charge on any atom is -0.487 e. The van der Waals surface area contributed by atoms with Crippen molar-refractivity contribution in [2.75, 3.05) is 0 Å². The van der Waals surface area contributed by atoms with Gasteiger partial charge in [0.1, 0.15) is 12.4 Å². The minimum absolute atomic E-state index is 0.475. The molecule has 0 N–H and O–H groups in total. The van der Waals surface area contributed by atoms with Crippen molar-refractivity contribution >= 4 is 26.8 Å². The van der Waals surface area contributed by atoms with Gasteiger partial charge in [-0.3, -0.25) is 9.67 Å². The molecule has 0 bridgehead atoms. The summed E-state index contributed by atoms with van der Waals surface area (Å²) in [7, 11) is 1.94. The van der Waals surface area contributed by atoms with Crippen LogP contribution in [0.2, 0.25) is 0 Å². The Morgan fingerprint density at radius 3 is 2.90 bits per heavy atom. The van der Waals surface area contributed by atoms with E-state index in [9.17, 15) is 0 Å². The molecule has 2 aromatic heterocycles. The molecule has 0 atom stereocenters. The molecule has 0 aliphatic carbocycles. The molecule has 2 heterocycles. The van der Waals surface area contributed by atoms with E-state index in [2.05, 4.69) is 32.9 Å². The van der Waals surface area contributed by atoms with E-state index in [1.165, 1.54) is 0 Å². The van der Waals surface area contributed by atoms with Gasteiger partial charge in [-0.05, 0) is 40.5 Å². The number of hydrogen-bond donors (Lipinski definition) is 0. The molecule has 0 fully saturated rings. The fraction of sp³-hybridized carbons (Fsp3) is 0.250. The summed E-state index contributed by atoms with van der Waals surface area (Å²) in [6, 6.07) is 9.92. The maximum absolute atomic E-state index is 5.89. The van der Waals surface area contributed by atoms with Crippen LogP contribution in [-0.2, 0) is 20.1 Å². The normalized spacial score (nSPS) is 11.0. The molecule has 0 aliphatic rings. The first kappa shape index (κ1) is 14.1. The molecule has 0 aliphatic heterocycles. The van der Waals surface area contributed by atoms with Crippen LogP contribution in [-0.4, -0.2) is 14.8 Å². The molecule has 0 spiro atoms. The van der Waals surface area contributed by atoms with E-state index in [1.807, 2.05) is 42.1 Å². The zero-order chi connectivity index (χ0) is 14.8. The predicted molar refractivity (Wildman–Crippen MR) is 86.4 cm³/mol. The summed E-state index contributed by atoms with van der Waals surface area (Å²) < 4.78 is 8.79. The van der Waals surface area contributed by atoms with Crippen LogP contribution >= 0.6 is 15.9 Å². The van der Waals surface area contributed by atoms with Gasteiger partial charge in [0.05, 0.1) is 21.4 Å². The maximum atomic E-state index is 5.89. The van der Waals surface area contributed by atoms with Crippen molar-refractivity contribution in [3.8, 4) is 5.75 Å². The average molecular weight is 346 g/mol. The van der Waals surface area contributed by atoms with Crippen molar-refractivity contribution in [1.29, 1.82) is 0 Å². The Morgan fingerprint density at radius 2 is 2.14 bits per heavy atom. The number of benzene rings is 1. The Hall–Kier alpha value is -1.88. The standard InChI is InChI=1S/C16H16BrN3O/c1-3-13-16(17)15(20(2)19-13)10-21-12-7-6-11-5-4-8-18-14(11)9-12/h4-9H,3,10H2,1-2H3. The number of halogens is 1. The summed E-state index contributed by atoms with van der Waals surface area (Å²) in [5, 5.41) is 5.58. The molecule has 0 radical (unpaired) electrons. The van der Waals surface area contributed by atoms with Gasteiger partial charge in [0.15, 0.2) is 0 Å². The smallest absolute Gasteiger partial charge is 0.131 e. The fourth-order valence-corrected chi connectivity index (χ4v) is 3.00. The molecule has 5 heteroatoms. The van der Waals surface area contributed by atoms with E-state index in [4.69, 9.17) is 4.74 Å². The maximum Gasteiger partial charge on any atom is 0.131 e. The highest BCUT2D eigenvalue weighted by molar-refractivity contribution is 9.10. The lowest BCUT2D eigenvalue weighted by molar-refractivity contribution is 0.294. The Balaban J connectivity index is 1.81. The third kappa shape index (κ3) is 2.78. The number of aromatic nitrogens is 3. The zero-order valence-corrected chi connectivity index (χ0v) is 13.6. The molecule has 0 saturated heterocycles. The largest absolute Gasteiger partial charge is 0.487 e. The minimum atomic E-state index is 0.475. The number of aryl methyl sites for hydroxylation is 2. The molecule has 0 unspecified atom stereocenters. The lowest BCUT2D eigenvalue weighted by atomic mass is 10.2. The second-order valence-corrected chi connectivity index (χ2v) is 5.62. The van der Waals surface area contributed by atoms with Crippen molar-refractivity contribution in [2.24, 2.45) is 7.05 Å². The topological polar surface area (TPSA) is 39.9 Å². The van der Waals surface area contributed by atoms with Crippen LogP contribution in [0.1, 0.15) is 18.3 Å². The van der Waals surface area contributed by atoms with Crippen LogP contribution in [0.3, 0.4) is 0 Å². The summed E-state index contributed by atoms with van der Waals surface area (Å²) in [5.74, 6) is 0.812. The van der Waals surface area contributed by atoms with Gasteiger partial charge in [0, 0.05) is 24.7 Å². The average Bonchev–Trinajstić information content (AvgIpc) is 2.79. The zero-order valence-electron chi connectivity index (χ0n) is 12.0.